The van der Waals surface area contributed by atoms with Crippen LogP contribution in [-0.2, 0) is 4.84 Å². The highest BCUT2D eigenvalue weighted by Gasteiger charge is 2.40. The third-order valence-electron chi connectivity index (χ3n) is 4.34. The summed E-state index contributed by atoms with van der Waals surface area (Å²) in [5.41, 5.74) is 2.50. The van der Waals surface area contributed by atoms with E-state index in [1.807, 2.05) is 6.08 Å². The van der Waals surface area contributed by atoms with Crippen LogP contribution in [0.5, 0.6) is 0 Å². The summed E-state index contributed by atoms with van der Waals surface area (Å²) in [5, 5.41) is 10.1. The molecule has 0 aromatic carbocycles. The van der Waals surface area contributed by atoms with E-state index in [0.29, 0.717) is 12.5 Å². The second kappa shape index (κ2) is 6.50. The smallest absolute Gasteiger partial charge is 0.0863 e. The van der Waals surface area contributed by atoms with E-state index in [2.05, 4.69) is 32.2 Å². The van der Waals surface area contributed by atoms with Crippen molar-refractivity contribution in [3.63, 3.8) is 0 Å². The Bertz CT molecular complexity index is 320. The molecule has 18 heavy (non-hydrogen) atoms. The SMILES string of the molecule is C=C1CCC(O)C(C)(C)C1CC/C(C)=C/CON. The Hall–Kier alpha value is -0.640. The highest BCUT2D eigenvalue weighted by Crippen LogP contribution is 2.45. The van der Waals surface area contributed by atoms with Crippen LogP contribution in [0.15, 0.2) is 23.8 Å². The molecular formula is C15H27NO2. The van der Waals surface area contributed by atoms with Crippen LogP contribution in [0.25, 0.3) is 0 Å². The van der Waals surface area contributed by atoms with Gasteiger partial charge in [-0.1, -0.05) is 37.6 Å². The predicted octanol–water partition coefficient (Wildman–Crippen LogP) is 2.96. The molecule has 0 heterocycles. The summed E-state index contributed by atoms with van der Waals surface area (Å²) in [6, 6.07) is 0. The lowest BCUT2D eigenvalue weighted by molar-refractivity contribution is -0.00881. The molecule has 1 aliphatic rings. The molecule has 2 atom stereocenters. The molecule has 0 amide bonds. The average Bonchev–Trinajstić information content (AvgIpc) is 2.31. The van der Waals surface area contributed by atoms with Crippen LogP contribution >= 0.6 is 0 Å². The molecule has 0 radical (unpaired) electrons. The Balaban J connectivity index is 2.61. The van der Waals surface area contributed by atoms with Crippen molar-refractivity contribution < 1.29 is 9.94 Å². The van der Waals surface area contributed by atoms with Gasteiger partial charge in [-0.05, 0) is 43.9 Å². The summed E-state index contributed by atoms with van der Waals surface area (Å²) in [6.07, 6.45) is 5.63. The average molecular weight is 253 g/mol. The molecule has 1 fully saturated rings. The number of hydrogen-bond acceptors (Lipinski definition) is 3. The summed E-state index contributed by atoms with van der Waals surface area (Å²) in [6.45, 7) is 11.0. The molecule has 0 aliphatic heterocycles. The van der Waals surface area contributed by atoms with Gasteiger partial charge in [-0.15, -0.1) is 0 Å². The second-order valence-corrected chi connectivity index (χ2v) is 6.01. The second-order valence-electron chi connectivity index (χ2n) is 6.01. The highest BCUT2D eigenvalue weighted by atomic mass is 16.6. The van der Waals surface area contributed by atoms with E-state index in [-0.39, 0.29) is 11.5 Å². The number of allylic oxidation sites excluding steroid dienone is 2. The normalized spacial score (nSPS) is 28.5. The van der Waals surface area contributed by atoms with E-state index in [1.54, 1.807) is 0 Å². The van der Waals surface area contributed by atoms with E-state index in [1.165, 1.54) is 11.1 Å². The van der Waals surface area contributed by atoms with Crippen LogP contribution in [0.2, 0.25) is 0 Å². The molecule has 0 aromatic heterocycles. The van der Waals surface area contributed by atoms with E-state index in [4.69, 9.17) is 5.90 Å². The maximum atomic E-state index is 10.1. The number of aliphatic hydroxyl groups is 1. The topological polar surface area (TPSA) is 55.5 Å². The van der Waals surface area contributed by atoms with Gasteiger partial charge in [0.05, 0.1) is 12.7 Å². The first-order valence-electron chi connectivity index (χ1n) is 6.72. The minimum atomic E-state index is -0.218. The summed E-state index contributed by atoms with van der Waals surface area (Å²) in [7, 11) is 0. The third-order valence-corrected chi connectivity index (χ3v) is 4.34. The quantitative estimate of drug-likeness (QED) is 0.585. The van der Waals surface area contributed by atoms with Gasteiger partial charge in [-0.3, -0.25) is 0 Å². The van der Waals surface area contributed by atoms with Crippen LogP contribution in [0.3, 0.4) is 0 Å². The van der Waals surface area contributed by atoms with E-state index < -0.39 is 0 Å². The molecule has 0 saturated heterocycles. The predicted molar refractivity (Wildman–Crippen MR) is 74.8 cm³/mol. The maximum Gasteiger partial charge on any atom is 0.0863 e. The number of aliphatic hydroxyl groups excluding tert-OH is 1. The van der Waals surface area contributed by atoms with Gasteiger partial charge in [0.25, 0.3) is 0 Å². The number of hydrogen-bond donors (Lipinski definition) is 2. The molecule has 3 nitrogen and oxygen atoms in total. The molecule has 2 unspecified atom stereocenters. The summed E-state index contributed by atoms with van der Waals surface area (Å²) in [4.78, 5) is 4.55. The largest absolute Gasteiger partial charge is 0.393 e. The molecule has 1 saturated carbocycles. The monoisotopic (exact) mass is 253 g/mol. The van der Waals surface area contributed by atoms with Crippen LogP contribution in [-0.4, -0.2) is 17.8 Å². The Labute approximate surface area is 111 Å². The van der Waals surface area contributed by atoms with Crippen molar-refractivity contribution in [2.24, 2.45) is 17.2 Å². The van der Waals surface area contributed by atoms with Gasteiger partial charge in [0, 0.05) is 0 Å². The van der Waals surface area contributed by atoms with Gasteiger partial charge < -0.3 is 9.94 Å². The molecule has 3 N–H and O–H groups in total. The molecule has 0 bridgehead atoms. The van der Waals surface area contributed by atoms with Gasteiger partial charge in [0.2, 0.25) is 0 Å². The van der Waals surface area contributed by atoms with Crippen LogP contribution in [0.1, 0.15) is 46.5 Å². The number of rotatable bonds is 5. The molecule has 104 valence electrons. The van der Waals surface area contributed by atoms with Crippen molar-refractivity contribution in [3.8, 4) is 0 Å². The number of nitrogens with two attached hydrogens (primary N) is 1. The Morgan fingerprint density at radius 3 is 2.89 bits per heavy atom. The summed E-state index contributed by atoms with van der Waals surface area (Å²) >= 11 is 0. The Morgan fingerprint density at radius 1 is 1.61 bits per heavy atom. The molecule has 1 aliphatic carbocycles. The van der Waals surface area contributed by atoms with Crippen molar-refractivity contribution in [2.75, 3.05) is 6.61 Å². The molecule has 3 heteroatoms. The Morgan fingerprint density at radius 2 is 2.28 bits per heavy atom. The standard InChI is InChI=1S/C15H27NO2/c1-11(9-10-18-16)5-7-13-12(2)6-8-14(17)15(13,3)4/h9,13-14,17H,2,5-8,10,16H2,1,3-4H3/b11-9+. The van der Waals surface area contributed by atoms with Crippen molar-refractivity contribution >= 4 is 0 Å². The fourth-order valence-electron chi connectivity index (χ4n) is 2.87. The van der Waals surface area contributed by atoms with Gasteiger partial charge in [-0.2, -0.15) is 0 Å². The van der Waals surface area contributed by atoms with Gasteiger partial charge >= 0.3 is 0 Å². The van der Waals surface area contributed by atoms with Crippen molar-refractivity contribution in [1.82, 2.24) is 0 Å². The molecule has 0 aromatic rings. The zero-order valence-corrected chi connectivity index (χ0v) is 11.9. The van der Waals surface area contributed by atoms with Crippen molar-refractivity contribution in [3.05, 3.63) is 23.8 Å². The summed E-state index contributed by atoms with van der Waals surface area (Å²) in [5.74, 6) is 5.40. The Kier molecular flexibility index (Phi) is 5.57. The zero-order chi connectivity index (χ0) is 13.8. The molecule has 1 rings (SSSR count). The minimum Gasteiger partial charge on any atom is -0.393 e. The van der Waals surface area contributed by atoms with E-state index in [9.17, 15) is 5.11 Å². The lowest BCUT2D eigenvalue weighted by Crippen LogP contribution is -2.41. The van der Waals surface area contributed by atoms with Crippen LogP contribution in [0, 0.1) is 11.3 Å². The molecular weight excluding hydrogens is 226 g/mol. The first-order chi connectivity index (χ1) is 8.39. The minimum absolute atomic E-state index is 0.0695. The van der Waals surface area contributed by atoms with Crippen molar-refractivity contribution in [1.29, 1.82) is 0 Å². The zero-order valence-electron chi connectivity index (χ0n) is 11.9. The fraction of sp³-hybridized carbons (Fsp3) is 0.733. The van der Waals surface area contributed by atoms with Crippen LogP contribution in [0.4, 0.5) is 0 Å². The summed E-state index contributed by atoms with van der Waals surface area (Å²) < 4.78 is 0. The maximum absolute atomic E-state index is 10.1. The van der Waals surface area contributed by atoms with Crippen molar-refractivity contribution in [2.45, 2.75) is 52.6 Å². The van der Waals surface area contributed by atoms with E-state index in [0.717, 1.165) is 25.7 Å². The lowest BCUT2D eigenvalue weighted by Gasteiger charge is -2.44. The fourth-order valence-corrected chi connectivity index (χ4v) is 2.87. The highest BCUT2D eigenvalue weighted by molar-refractivity contribution is 5.13. The van der Waals surface area contributed by atoms with Crippen LogP contribution < -0.4 is 5.90 Å². The third kappa shape index (κ3) is 3.67. The van der Waals surface area contributed by atoms with Gasteiger partial charge in [0.15, 0.2) is 0 Å². The van der Waals surface area contributed by atoms with E-state index >= 15 is 0 Å². The lowest BCUT2D eigenvalue weighted by atomic mass is 9.63. The first-order valence-corrected chi connectivity index (χ1v) is 6.72. The van der Waals surface area contributed by atoms with Gasteiger partial charge in [0.1, 0.15) is 0 Å². The first kappa shape index (κ1) is 15.4. The molecule has 0 spiro atoms. The van der Waals surface area contributed by atoms with Gasteiger partial charge in [-0.25, -0.2) is 5.90 Å².